The molecule has 1 aromatic heterocycles. The molecule has 1 heterocycles. The monoisotopic (exact) mass is 423 g/mol. The minimum absolute atomic E-state index is 0.304. The Hall–Kier alpha value is -3.11. The van der Waals surface area contributed by atoms with Crippen LogP contribution in [0.25, 0.3) is 11.1 Å². The molecule has 0 radical (unpaired) electrons. The summed E-state index contributed by atoms with van der Waals surface area (Å²) in [5, 5.41) is 12.8. The second-order valence-corrected chi connectivity index (χ2v) is 7.84. The summed E-state index contributed by atoms with van der Waals surface area (Å²) in [7, 11) is -2.67. The lowest BCUT2D eigenvalue weighted by Crippen LogP contribution is -2.18. The van der Waals surface area contributed by atoms with E-state index in [0.29, 0.717) is 22.6 Å². The predicted molar refractivity (Wildman–Crippen MR) is 102 cm³/mol. The second kappa shape index (κ2) is 7.72. The average molecular weight is 423 g/mol. The van der Waals surface area contributed by atoms with E-state index in [1.54, 1.807) is 12.1 Å². The number of halogens is 3. The zero-order valence-corrected chi connectivity index (χ0v) is 15.8. The van der Waals surface area contributed by atoms with Gasteiger partial charge >= 0.3 is 6.18 Å². The van der Waals surface area contributed by atoms with Crippen LogP contribution in [-0.4, -0.2) is 25.6 Å². The Morgan fingerprint density at radius 1 is 1.03 bits per heavy atom. The number of nitrogens with zero attached hydrogens (tertiary/aromatic N) is 1. The van der Waals surface area contributed by atoms with Gasteiger partial charge in [-0.3, -0.25) is 0 Å². The fourth-order valence-corrected chi connectivity index (χ4v) is 3.47. The summed E-state index contributed by atoms with van der Waals surface area (Å²) in [5.74, 6) is -0.102. The van der Waals surface area contributed by atoms with Crippen LogP contribution in [0.15, 0.2) is 65.7 Å². The Morgan fingerprint density at radius 3 is 2.34 bits per heavy atom. The van der Waals surface area contributed by atoms with Gasteiger partial charge in [0.1, 0.15) is 16.5 Å². The predicted octanol–water partition coefficient (Wildman–Crippen LogP) is 4.12. The molecule has 0 saturated heterocycles. The highest BCUT2D eigenvalue weighted by Gasteiger charge is 2.30. The van der Waals surface area contributed by atoms with E-state index in [0.717, 1.165) is 12.1 Å². The molecule has 0 aliphatic rings. The highest BCUT2D eigenvalue weighted by atomic mass is 32.2. The molecule has 0 unspecified atom stereocenters. The first kappa shape index (κ1) is 20.6. The number of rotatable bonds is 5. The van der Waals surface area contributed by atoms with Gasteiger partial charge < -0.3 is 10.4 Å². The van der Waals surface area contributed by atoms with Gasteiger partial charge in [0.15, 0.2) is 0 Å². The summed E-state index contributed by atoms with van der Waals surface area (Å²) in [6, 6.07) is 11.8. The molecule has 3 aromatic rings. The van der Waals surface area contributed by atoms with E-state index in [1.807, 2.05) is 0 Å². The number of hydrogen-bond acceptors (Lipinski definition) is 5. The van der Waals surface area contributed by atoms with Crippen molar-refractivity contribution in [3.63, 3.8) is 0 Å². The molecular weight excluding hydrogens is 407 g/mol. The number of phenols is 1. The van der Waals surface area contributed by atoms with E-state index in [4.69, 9.17) is 0 Å². The van der Waals surface area contributed by atoms with E-state index < -0.39 is 27.5 Å². The summed E-state index contributed by atoms with van der Waals surface area (Å²) in [6.45, 7) is 0. The summed E-state index contributed by atoms with van der Waals surface area (Å²) in [5.41, 5.74) is 0.545. The maximum Gasteiger partial charge on any atom is 0.416 e. The number of pyridine rings is 1. The van der Waals surface area contributed by atoms with Crippen molar-refractivity contribution in [3.05, 3.63) is 66.4 Å². The van der Waals surface area contributed by atoms with Crippen LogP contribution >= 0.6 is 0 Å². The third kappa shape index (κ3) is 4.49. The van der Waals surface area contributed by atoms with Crippen molar-refractivity contribution >= 4 is 21.5 Å². The fourth-order valence-electron chi connectivity index (χ4n) is 2.62. The SMILES string of the molecule is CNS(=O)(=O)c1cc(-c2cccnc2Nc2ccc(C(F)(F)F)cc2)ccc1O. The molecule has 0 fully saturated rings. The van der Waals surface area contributed by atoms with Crippen LogP contribution in [0.2, 0.25) is 0 Å². The maximum atomic E-state index is 12.7. The molecule has 152 valence electrons. The summed E-state index contributed by atoms with van der Waals surface area (Å²) in [4.78, 5) is 3.89. The summed E-state index contributed by atoms with van der Waals surface area (Å²) < 4.78 is 64.5. The van der Waals surface area contributed by atoms with Crippen LogP contribution in [0.1, 0.15) is 5.56 Å². The molecule has 0 aliphatic carbocycles. The van der Waals surface area contributed by atoms with Crippen LogP contribution < -0.4 is 10.0 Å². The Labute approximate surface area is 165 Å². The van der Waals surface area contributed by atoms with E-state index in [1.165, 1.54) is 43.6 Å². The quantitative estimate of drug-likeness (QED) is 0.574. The van der Waals surface area contributed by atoms with Crippen LogP contribution in [0.4, 0.5) is 24.7 Å². The van der Waals surface area contributed by atoms with Crippen molar-refractivity contribution in [2.45, 2.75) is 11.1 Å². The first-order valence-corrected chi connectivity index (χ1v) is 9.76. The maximum absolute atomic E-state index is 12.7. The molecule has 3 rings (SSSR count). The Bertz CT molecular complexity index is 1130. The first-order valence-electron chi connectivity index (χ1n) is 8.28. The first-order chi connectivity index (χ1) is 13.6. The zero-order chi connectivity index (χ0) is 21.2. The molecule has 0 saturated carbocycles. The van der Waals surface area contributed by atoms with Gasteiger partial charge in [0, 0.05) is 17.4 Å². The fraction of sp³-hybridized carbons (Fsp3) is 0.105. The van der Waals surface area contributed by atoms with Gasteiger partial charge in [0.2, 0.25) is 10.0 Å². The van der Waals surface area contributed by atoms with Gasteiger partial charge in [-0.25, -0.2) is 18.1 Å². The van der Waals surface area contributed by atoms with E-state index in [9.17, 15) is 26.7 Å². The van der Waals surface area contributed by atoms with Crippen LogP contribution in [-0.2, 0) is 16.2 Å². The number of anilines is 2. The van der Waals surface area contributed by atoms with Gasteiger partial charge in [0.05, 0.1) is 5.56 Å². The summed E-state index contributed by atoms with van der Waals surface area (Å²) in [6.07, 6.45) is -2.95. The molecule has 2 aromatic carbocycles. The van der Waals surface area contributed by atoms with Crippen LogP contribution in [0.5, 0.6) is 5.75 Å². The van der Waals surface area contributed by atoms with Crippen molar-refractivity contribution in [2.75, 3.05) is 12.4 Å². The molecule has 29 heavy (non-hydrogen) atoms. The summed E-state index contributed by atoms with van der Waals surface area (Å²) >= 11 is 0. The van der Waals surface area contributed by atoms with Gasteiger partial charge in [-0.1, -0.05) is 6.07 Å². The Kier molecular flexibility index (Phi) is 5.49. The van der Waals surface area contributed by atoms with E-state index >= 15 is 0 Å². The van der Waals surface area contributed by atoms with Gasteiger partial charge in [-0.05, 0) is 61.1 Å². The van der Waals surface area contributed by atoms with Gasteiger partial charge in [0.25, 0.3) is 0 Å². The molecule has 0 spiro atoms. The topological polar surface area (TPSA) is 91.3 Å². The minimum atomic E-state index is -4.43. The second-order valence-electron chi connectivity index (χ2n) is 5.99. The molecule has 0 amide bonds. The molecular formula is C19H16F3N3O3S. The van der Waals surface area contributed by atoms with E-state index in [2.05, 4.69) is 15.0 Å². The van der Waals surface area contributed by atoms with Crippen molar-refractivity contribution < 1.29 is 26.7 Å². The van der Waals surface area contributed by atoms with Crippen LogP contribution in [0.3, 0.4) is 0 Å². The molecule has 6 nitrogen and oxygen atoms in total. The number of sulfonamides is 1. The van der Waals surface area contributed by atoms with E-state index in [-0.39, 0.29) is 4.90 Å². The molecule has 10 heteroatoms. The lowest BCUT2D eigenvalue weighted by Gasteiger charge is -2.13. The Balaban J connectivity index is 1.99. The lowest BCUT2D eigenvalue weighted by molar-refractivity contribution is -0.137. The third-order valence-corrected chi connectivity index (χ3v) is 5.56. The molecule has 0 atom stereocenters. The third-order valence-electron chi connectivity index (χ3n) is 4.11. The standard InChI is InChI=1S/C19H16F3N3O3S/c1-23-29(27,28)17-11-12(4-9-16(17)26)15-3-2-10-24-18(15)25-14-7-5-13(6-8-14)19(20,21)22/h2-11,23,26H,1H3,(H,24,25). The number of nitrogens with one attached hydrogen (secondary N) is 2. The Morgan fingerprint density at radius 2 is 1.72 bits per heavy atom. The number of hydrogen-bond donors (Lipinski definition) is 3. The smallest absolute Gasteiger partial charge is 0.416 e. The number of aromatic nitrogens is 1. The minimum Gasteiger partial charge on any atom is -0.507 e. The molecule has 0 bridgehead atoms. The molecule has 0 aliphatic heterocycles. The van der Waals surface area contributed by atoms with Gasteiger partial charge in [-0.15, -0.1) is 0 Å². The molecule has 3 N–H and O–H groups in total. The highest BCUT2D eigenvalue weighted by molar-refractivity contribution is 7.89. The largest absolute Gasteiger partial charge is 0.507 e. The van der Waals surface area contributed by atoms with Crippen molar-refractivity contribution in [2.24, 2.45) is 0 Å². The van der Waals surface area contributed by atoms with Crippen LogP contribution in [0, 0.1) is 0 Å². The lowest BCUT2D eigenvalue weighted by atomic mass is 10.1. The zero-order valence-electron chi connectivity index (χ0n) is 15.0. The average Bonchev–Trinajstić information content (AvgIpc) is 2.68. The van der Waals surface area contributed by atoms with Crippen molar-refractivity contribution in [3.8, 4) is 16.9 Å². The number of phenolic OH excluding ortho intramolecular Hbond substituents is 1. The number of aromatic hydroxyl groups is 1. The number of alkyl halides is 3. The highest BCUT2D eigenvalue weighted by Crippen LogP contribution is 2.34. The normalized spacial score (nSPS) is 12.0. The number of benzene rings is 2. The van der Waals surface area contributed by atoms with Crippen molar-refractivity contribution in [1.82, 2.24) is 9.71 Å². The van der Waals surface area contributed by atoms with Gasteiger partial charge in [-0.2, -0.15) is 13.2 Å². The van der Waals surface area contributed by atoms with Crippen molar-refractivity contribution in [1.29, 1.82) is 0 Å².